The number of carbonyl (C=O) groups is 2. The summed E-state index contributed by atoms with van der Waals surface area (Å²) in [5.41, 5.74) is 5.95. The van der Waals surface area contributed by atoms with E-state index in [1.54, 1.807) is 13.8 Å². The second-order valence-electron chi connectivity index (χ2n) is 8.85. The van der Waals surface area contributed by atoms with Crippen LogP contribution in [0.5, 0.6) is 11.5 Å². The molecule has 0 amide bonds. The summed E-state index contributed by atoms with van der Waals surface area (Å²) >= 11 is 0. The van der Waals surface area contributed by atoms with Gasteiger partial charge in [0.2, 0.25) is 6.79 Å². The van der Waals surface area contributed by atoms with Gasteiger partial charge in [0, 0.05) is 34.4 Å². The fourth-order valence-electron chi connectivity index (χ4n) is 5.51. The second kappa shape index (κ2) is 8.48. The van der Waals surface area contributed by atoms with Crippen LogP contribution in [0, 0.1) is 6.92 Å². The van der Waals surface area contributed by atoms with Gasteiger partial charge in [-0.05, 0) is 50.1 Å². The monoisotopic (exact) mass is 486 g/mol. The van der Waals surface area contributed by atoms with E-state index in [-0.39, 0.29) is 37.2 Å². The summed E-state index contributed by atoms with van der Waals surface area (Å²) in [5, 5.41) is 1.08. The van der Waals surface area contributed by atoms with Crippen LogP contribution in [0.1, 0.15) is 68.8 Å². The lowest BCUT2D eigenvalue weighted by Crippen LogP contribution is -2.23. The fraction of sp³-hybridized carbons (Fsp3) is 0.286. The zero-order valence-electron chi connectivity index (χ0n) is 20.3. The van der Waals surface area contributed by atoms with Crippen molar-refractivity contribution in [3.05, 3.63) is 81.8 Å². The SMILES string of the molecule is CCOC(=O)c1c(C(=O)OCC)c2n(c1C)C(c1ccc3c(c1)OCO3)c1[nH]c3ccccc3c1C2. The van der Waals surface area contributed by atoms with Crippen LogP contribution in [0.2, 0.25) is 0 Å². The Balaban J connectivity index is 1.65. The van der Waals surface area contributed by atoms with Crippen molar-refractivity contribution in [2.24, 2.45) is 0 Å². The first-order valence-corrected chi connectivity index (χ1v) is 12.1. The van der Waals surface area contributed by atoms with E-state index in [2.05, 4.69) is 15.6 Å². The Kier molecular flexibility index (Phi) is 5.25. The maximum absolute atomic E-state index is 13.3. The Labute approximate surface area is 207 Å². The van der Waals surface area contributed by atoms with Gasteiger partial charge in [0.05, 0.1) is 30.4 Å². The predicted octanol–water partition coefficient (Wildman–Crippen LogP) is 4.90. The van der Waals surface area contributed by atoms with Crippen LogP contribution < -0.4 is 9.47 Å². The predicted molar refractivity (Wildman–Crippen MR) is 132 cm³/mol. The highest BCUT2D eigenvalue weighted by molar-refractivity contribution is 6.06. The molecule has 0 saturated carbocycles. The van der Waals surface area contributed by atoms with Gasteiger partial charge >= 0.3 is 11.9 Å². The van der Waals surface area contributed by atoms with E-state index in [4.69, 9.17) is 18.9 Å². The molecule has 0 aliphatic carbocycles. The molecule has 0 spiro atoms. The molecule has 0 radical (unpaired) electrons. The van der Waals surface area contributed by atoms with Gasteiger partial charge < -0.3 is 28.5 Å². The molecule has 184 valence electrons. The van der Waals surface area contributed by atoms with Gasteiger partial charge in [0.25, 0.3) is 0 Å². The zero-order chi connectivity index (χ0) is 25.0. The summed E-state index contributed by atoms with van der Waals surface area (Å²) in [7, 11) is 0. The average molecular weight is 487 g/mol. The van der Waals surface area contributed by atoms with E-state index in [0.717, 1.165) is 33.4 Å². The molecule has 2 aliphatic rings. The van der Waals surface area contributed by atoms with Crippen molar-refractivity contribution in [1.82, 2.24) is 9.55 Å². The Morgan fingerprint density at radius 2 is 1.72 bits per heavy atom. The van der Waals surface area contributed by atoms with Crippen molar-refractivity contribution < 1.29 is 28.5 Å². The normalized spacial score (nSPS) is 15.5. The van der Waals surface area contributed by atoms with Crippen LogP contribution in [-0.2, 0) is 15.9 Å². The summed E-state index contributed by atoms with van der Waals surface area (Å²) in [6, 6.07) is 13.6. The topological polar surface area (TPSA) is 91.8 Å². The van der Waals surface area contributed by atoms with E-state index < -0.39 is 11.9 Å². The number of carbonyl (C=O) groups excluding carboxylic acids is 2. The van der Waals surface area contributed by atoms with Gasteiger partial charge in [0.1, 0.15) is 0 Å². The molecule has 4 heterocycles. The molecule has 8 heteroatoms. The number of H-pyrrole nitrogens is 1. The van der Waals surface area contributed by atoms with Crippen molar-refractivity contribution in [2.45, 2.75) is 33.2 Å². The Morgan fingerprint density at radius 3 is 2.50 bits per heavy atom. The lowest BCUT2D eigenvalue weighted by Gasteiger charge is -2.29. The van der Waals surface area contributed by atoms with Gasteiger partial charge in [-0.25, -0.2) is 9.59 Å². The number of fused-ring (bicyclic) bond motifs is 5. The van der Waals surface area contributed by atoms with Gasteiger partial charge in [-0.2, -0.15) is 0 Å². The number of benzene rings is 2. The molecule has 36 heavy (non-hydrogen) atoms. The minimum atomic E-state index is -0.530. The highest BCUT2D eigenvalue weighted by atomic mass is 16.7. The van der Waals surface area contributed by atoms with E-state index in [1.165, 1.54) is 0 Å². The number of rotatable bonds is 5. The number of aromatic nitrogens is 2. The van der Waals surface area contributed by atoms with Gasteiger partial charge in [-0.15, -0.1) is 0 Å². The summed E-state index contributed by atoms with van der Waals surface area (Å²) in [5.74, 6) is 0.302. The van der Waals surface area contributed by atoms with Crippen molar-refractivity contribution >= 4 is 22.8 Å². The third kappa shape index (κ3) is 3.21. The first kappa shape index (κ1) is 22.3. The summed E-state index contributed by atoms with van der Waals surface area (Å²) in [4.78, 5) is 30.0. The number of hydrogen-bond donors (Lipinski definition) is 1. The van der Waals surface area contributed by atoms with Crippen molar-refractivity contribution in [2.75, 3.05) is 20.0 Å². The van der Waals surface area contributed by atoms with Crippen LogP contribution >= 0.6 is 0 Å². The van der Waals surface area contributed by atoms with Crippen molar-refractivity contribution in [3.8, 4) is 11.5 Å². The highest BCUT2D eigenvalue weighted by Gasteiger charge is 2.39. The van der Waals surface area contributed by atoms with Crippen LogP contribution in [0.4, 0.5) is 0 Å². The number of nitrogens with one attached hydrogen (secondary N) is 1. The fourth-order valence-corrected chi connectivity index (χ4v) is 5.51. The molecule has 8 nitrogen and oxygen atoms in total. The molecule has 2 aromatic carbocycles. The first-order chi connectivity index (χ1) is 17.5. The number of esters is 2. The third-order valence-corrected chi connectivity index (χ3v) is 6.95. The van der Waals surface area contributed by atoms with Crippen LogP contribution in [-0.4, -0.2) is 41.5 Å². The lowest BCUT2D eigenvalue weighted by atomic mass is 9.91. The van der Waals surface area contributed by atoms with Gasteiger partial charge in [-0.1, -0.05) is 24.3 Å². The molecule has 1 N–H and O–H groups in total. The molecule has 0 fully saturated rings. The molecule has 2 aromatic heterocycles. The number of ether oxygens (including phenoxy) is 4. The second-order valence-corrected chi connectivity index (χ2v) is 8.85. The standard InChI is InChI=1S/C28H26N2O6/c1-4-33-27(31)23-15(3)30-20(24(23)28(32)34-5-2)13-18-17-8-6-7-9-19(17)29-25(18)26(30)16-10-11-21-22(12-16)36-14-35-21/h6-12,26,29H,4-5,13-14H2,1-3H3. The molecule has 1 atom stereocenters. The molecule has 6 rings (SSSR count). The van der Waals surface area contributed by atoms with E-state index in [1.807, 2.05) is 43.3 Å². The first-order valence-electron chi connectivity index (χ1n) is 12.1. The average Bonchev–Trinajstić information content (AvgIpc) is 3.56. The number of para-hydroxylation sites is 1. The summed E-state index contributed by atoms with van der Waals surface area (Å²) in [6.45, 7) is 5.94. The maximum atomic E-state index is 13.3. The lowest BCUT2D eigenvalue weighted by molar-refractivity contribution is 0.0479. The summed E-state index contributed by atoms with van der Waals surface area (Å²) < 4.78 is 24.1. The summed E-state index contributed by atoms with van der Waals surface area (Å²) in [6.07, 6.45) is 0.467. The minimum absolute atomic E-state index is 0.175. The molecular formula is C28H26N2O6. The van der Waals surface area contributed by atoms with Crippen molar-refractivity contribution in [1.29, 1.82) is 0 Å². The quantitative estimate of drug-likeness (QED) is 0.355. The molecule has 1 unspecified atom stereocenters. The molecule has 0 saturated heterocycles. The van der Waals surface area contributed by atoms with Crippen LogP contribution in [0.15, 0.2) is 42.5 Å². The minimum Gasteiger partial charge on any atom is -0.462 e. The molecule has 2 aliphatic heterocycles. The highest BCUT2D eigenvalue weighted by Crippen LogP contribution is 2.45. The van der Waals surface area contributed by atoms with Gasteiger partial charge in [-0.3, -0.25) is 0 Å². The van der Waals surface area contributed by atoms with Gasteiger partial charge in [0.15, 0.2) is 11.5 Å². The van der Waals surface area contributed by atoms with Crippen LogP contribution in [0.3, 0.4) is 0 Å². The molecular weight excluding hydrogens is 460 g/mol. The molecule has 4 aromatic rings. The largest absolute Gasteiger partial charge is 0.462 e. The van der Waals surface area contributed by atoms with E-state index >= 15 is 0 Å². The Hall–Kier alpha value is -4.20. The van der Waals surface area contributed by atoms with E-state index in [0.29, 0.717) is 23.6 Å². The molecule has 0 bridgehead atoms. The number of hydrogen-bond acceptors (Lipinski definition) is 6. The number of aromatic amines is 1. The maximum Gasteiger partial charge on any atom is 0.340 e. The van der Waals surface area contributed by atoms with Crippen LogP contribution in [0.25, 0.3) is 10.9 Å². The number of nitrogens with zero attached hydrogens (tertiary/aromatic N) is 1. The zero-order valence-corrected chi connectivity index (χ0v) is 20.3. The Morgan fingerprint density at radius 1 is 1.00 bits per heavy atom. The smallest absolute Gasteiger partial charge is 0.340 e. The van der Waals surface area contributed by atoms with Crippen molar-refractivity contribution in [3.63, 3.8) is 0 Å². The Bertz CT molecular complexity index is 1530. The van der Waals surface area contributed by atoms with E-state index in [9.17, 15) is 9.59 Å². The third-order valence-electron chi connectivity index (χ3n) is 6.95.